The summed E-state index contributed by atoms with van der Waals surface area (Å²) in [6.45, 7) is 1.97. The molecule has 0 radical (unpaired) electrons. The molecule has 0 saturated carbocycles. The zero-order valence-electron chi connectivity index (χ0n) is 15.0. The summed E-state index contributed by atoms with van der Waals surface area (Å²) in [5.74, 6) is 7.91. The average molecular weight is 372 g/mol. The van der Waals surface area contributed by atoms with Gasteiger partial charge in [0.2, 0.25) is 0 Å². The summed E-state index contributed by atoms with van der Waals surface area (Å²) in [6, 6.07) is 0. The largest absolute Gasteiger partial charge is 0.389 e. The minimum Gasteiger partial charge on any atom is -0.389 e. The highest BCUT2D eigenvalue weighted by molar-refractivity contribution is 5.73. The Morgan fingerprint density at radius 3 is 3.07 bits per heavy atom. The van der Waals surface area contributed by atoms with Crippen LogP contribution in [0.15, 0.2) is 4.99 Å². The van der Waals surface area contributed by atoms with E-state index in [4.69, 9.17) is 21.6 Å². The van der Waals surface area contributed by atoms with Gasteiger partial charge in [-0.05, 0) is 19.8 Å². The number of fused-ring (bicyclic) bond motifs is 1. The number of nitrogens with zero attached hydrogens (tertiary/aromatic N) is 3. The Labute approximate surface area is 157 Å². The summed E-state index contributed by atoms with van der Waals surface area (Å²) in [6.07, 6.45) is 6.65. The summed E-state index contributed by atoms with van der Waals surface area (Å²) < 4.78 is 24.9. The number of hydrogen-bond donors (Lipinski definition) is 2. The van der Waals surface area contributed by atoms with Crippen molar-refractivity contribution in [1.29, 1.82) is 0 Å². The number of aliphatic hydroxyl groups excluding tert-OH is 1. The lowest BCUT2D eigenvalue weighted by molar-refractivity contribution is -0.0905. The van der Waals surface area contributed by atoms with E-state index in [0.717, 1.165) is 0 Å². The van der Waals surface area contributed by atoms with Crippen molar-refractivity contribution in [2.75, 3.05) is 18.9 Å². The number of rotatable bonds is 4. The molecule has 2 aliphatic heterocycles. The molecule has 1 aromatic heterocycles. The van der Waals surface area contributed by atoms with Gasteiger partial charge in [0.15, 0.2) is 11.4 Å². The molecule has 27 heavy (non-hydrogen) atoms. The number of halogens is 1. The van der Waals surface area contributed by atoms with Crippen LogP contribution in [-0.2, 0) is 15.9 Å². The zero-order valence-corrected chi connectivity index (χ0v) is 15.0. The fourth-order valence-electron chi connectivity index (χ4n) is 3.33. The van der Waals surface area contributed by atoms with Crippen LogP contribution in [0.25, 0.3) is 0 Å². The van der Waals surface area contributed by atoms with Gasteiger partial charge in [0.25, 0.3) is 0 Å². The molecule has 8 heteroatoms. The van der Waals surface area contributed by atoms with Crippen molar-refractivity contribution in [2.24, 2.45) is 10.9 Å². The monoisotopic (exact) mass is 372 g/mol. The van der Waals surface area contributed by atoms with Crippen LogP contribution in [0.3, 0.4) is 0 Å². The Morgan fingerprint density at radius 2 is 2.33 bits per heavy atom. The number of anilines is 1. The van der Waals surface area contributed by atoms with Gasteiger partial charge in [0.05, 0.1) is 24.5 Å². The van der Waals surface area contributed by atoms with E-state index in [-0.39, 0.29) is 31.1 Å². The van der Waals surface area contributed by atoms with Crippen LogP contribution in [0.5, 0.6) is 0 Å². The van der Waals surface area contributed by atoms with Crippen LogP contribution in [0.2, 0.25) is 0 Å². The van der Waals surface area contributed by atoms with Crippen molar-refractivity contribution in [2.45, 2.75) is 44.0 Å². The van der Waals surface area contributed by atoms with Gasteiger partial charge in [-0.25, -0.2) is 4.98 Å². The normalized spacial score (nSPS) is 29.3. The van der Waals surface area contributed by atoms with E-state index >= 15 is 0 Å². The Balaban J connectivity index is 1.73. The van der Waals surface area contributed by atoms with Gasteiger partial charge in [-0.1, -0.05) is 11.8 Å². The van der Waals surface area contributed by atoms with E-state index in [2.05, 4.69) is 32.7 Å². The number of nitrogen functional groups attached to an aromatic ring is 1. The third-order valence-corrected chi connectivity index (χ3v) is 4.81. The lowest BCUT2D eigenvalue weighted by atomic mass is 9.92. The molecule has 1 fully saturated rings. The molecule has 142 valence electrons. The molecule has 0 aliphatic carbocycles. The molecule has 3 N–H and O–H groups in total. The number of aryl methyl sites for hydroxylation is 1. The fraction of sp³-hybridized carbons (Fsp3) is 0.526. The number of aliphatic hydroxyl groups is 1. The molecule has 0 amide bonds. The molecule has 1 saturated heterocycles. The van der Waals surface area contributed by atoms with Crippen LogP contribution in [0.4, 0.5) is 15.9 Å². The molecule has 1 aromatic rings. The minimum atomic E-state index is -1.22. The number of ether oxygens (including phenoxy) is 2. The fourth-order valence-corrected chi connectivity index (χ4v) is 3.33. The molecule has 4 atom stereocenters. The predicted molar refractivity (Wildman–Crippen MR) is 97.7 cm³/mol. The second kappa shape index (κ2) is 8.01. The highest BCUT2D eigenvalue weighted by Gasteiger charge is 2.49. The standard InChI is InChI=1S/C19H21FN4O3/c1-3-5-8-26-11-19(4-2)15(25)9-14(27-19)12-6-7-13-16(22-10-12)17(21)24-18(20)23-13/h2,10,12,14-15,25H,6-9,11H2,1H3,(H2,21,23,24)/t12?,14-,15+,19-/m1/s1. The first kappa shape index (κ1) is 19.2. The summed E-state index contributed by atoms with van der Waals surface area (Å²) in [5, 5.41) is 10.5. The summed E-state index contributed by atoms with van der Waals surface area (Å²) in [7, 11) is 0. The van der Waals surface area contributed by atoms with Crippen molar-refractivity contribution < 1.29 is 19.0 Å². The lowest BCUT2D eigenvalue weighted by Gasteiger charge is -2.27. The first-order valence-corrected chi connectivity index (χ1v) is 8.66. The maximum Gasteiger partial charge on any atom is 0.310 e. The minimum absolute atomic E-state index is 0.00480. The first-order valence-electron chi connectivity index (χ1n) is 8.66. The Kier molecular flexibility index (Phi) is 5.71. The third-order valence-electron chi connectivity index (χ3n) is 4.81. The smallest absolute Gasteiger partial charge is 0.310 e. The molecule has 0 aromatic carbocycles. The van der Waals surface area contributed by atoms with Gasteiger partial charge >= 0.3 is 6.08 Å². The van der Waals surface area contributed by atoms with E-state index in [1.54, 1.807) is 13.1 Å². The molecule has 0 bridgehead atoms. The number of terminal acetylenes is 1. The number of hydrogen-bond acceptors (Lipinski definition) is 7. The second-order valence-electron chi connectivity index (χ2n) is 6.52. The first-order chi connectivity index (χ1) is 13.0. The van der Waals surface area contributed by atoms with Crippen molar-refractivity contribution in [1.82, 2.24) is 9.97 Å². The van der Waals surface area contributed by atoms with Crippen LogP contribution in [0, 0.1) is 36.2 Å². The van der Waals surface area contributed by atoms with Crippen LogP contribution < -0.4 is 5.73 Å². The summed E-state index contributed by atoms with van der Waals surface area (Å²) in [5.41, 5.74) is 5.36. The third kappa shape index (κ3) is 3.93. The quantitative estimate of drug-likeness (QED) is 0.465. The molecule has 0 spiro atoms. The van der Waals surface area contributed by atoms with Crippen LogP contribution >= 0.6 is 0 Å². The number of nitrogens with two attached hydrogens (primary N) is 1. The van der Waals surface area contributed by atoms with Crippen molar-refractivity contribution in [3.63, 3.8) is 0 Å². The lowest BCUT2D eigenvalue weighted by Crippen LogP contribution is -2.43. The van der Waals surface area contributed by atoms with Crippen molar-refractivity contribution in [3.05, 3.63) is 11.8 Å². The Bertz CT molecular complexity index is 842. The zero-order chi connectivity index (χ0) is 19.4. The van der Waals surface area contributed by atoms with Gasteiger partial charge in [-0.15, -0.1) is 12.3 Å². The predicted octanol–water partition coefficient (Wildman–Crippen LogP) is 1.02. The topological polar surface area (TPSA) is 103 Å². The van der Waals surface area contributed by atoms with Crippen molar-refractivity contribution >= 4 is 17.7 Å². The molecular weight excluding hydrogens is 351 g/mol. The van der Waals surface area contributed by atoms with E-state index in [1.807, 2.05) is 0 Å². The summed E-state index contributed by atoms with van der Waals surface area (Å²) >= 11 is 0. The molecule has 3 rings (SSSR count). The number of aromatic nitrogens is 2. The van der Waals surface area contributed by atoms with Gasteiger partial charge in [-0.3, -0.25) is 4.99 Å². The highest BCUT2D eigenvalue weighted by Crippen LogP contribution is 2.37. The second-order valence-corrected chi connectivity index (χ2v) is 6.52. The maximum atomic E-state index is 13.4. The molecule has 1 unspecified atom stereocenters. The molecular formula is C19H21FN4O3. The van der Waals surface area contributed by atoms with E-state index in [9.17, 15) is 9.50 Å². The van der Waals surface area contributed by atoms with Crippen molar-refractivity contribution in [3.8, 4) is 24.2 Å². The molecule has 7 nitrogen and oxygen atoms in total. The SMILES string of the molecule is C#C[C@]1(COCC#CC)O[C@@H](C2C=Nc3c(N)nc(F)nc3CC2)C[C@@H]1O. The Hall–Kier alpha value is -2.52. The van der Waals surface area contributed by atoms with E-state index in [1.165, 1.54) is 0 Å². The van der Waals surface area contributed by atoms with Gasteiger partial charge < -0.3 is 20.3 Å². The maximum absolute atomic E-state index is 13.4. The highest BCUT2D eigenvalue weighted by atomic mass is 19.1. The van der Waals surface area contributed by atoms with E-state index in [0.29, 0.717) is 30.6 Å². The Morgan fingerprint density at radius 1 is 1.52 bits per heavy atom. The number of aliphatic imine (C=N–C) groups is 1. The van der Waals surface area contributed by atoms with Gasteiger partial charge in [-0.2, -0.15) is 9.37 Å². The van der Waals surface area contributed by atoms with Crippen LogP contribution in [-0.4, -0.2) is 52.3 Å². The summed E-state index contributed by atoms with van der Waals surface area (Å²) in [4.78, 5) is 11.6. The van der Waals surface area contributed by atoms with E-state index < -0.39 is 17.8 Å². The average Bonchev–Trinajstić information content (AvgIpc) is 2.82. The van der Waals surface area contributed by atoms with Gasteiger partial charge in [0.1, 0.15) is 12.3 Å². The van der Waals surface area contributed by atoms with Gasteiger partial charge in [0, 0.05) is 18.6 Å². The molecule has 3 heterocycles. The molecule has 2 aliphatic rings. The van der Waals surface area contributed by atoms with Crippen LogP contribution in [0.1, 0.15) is 25.5 Å².